The Kier molecular flexibility index (Phi) is 15.7. The van der Waals surface area contributed by atoms with Gasteiger partial charge in [0.2, 0.25) is 0 Å². The molecule has 2 atom stereocenters. The zero-order valence-corrected chi connectivity index (χ0v) is 40.4. The first-order valence-corrected chi connectivity index (χ1v) is 25.1. The zero-order valence-electron chi connectivity index (χ0n) is 39.5. The third-order valence-electron chi connectivity index (χ3n) is 12.3. The molecule has 19 heteroatoms. The topological polar surface area (TPSA) is 238 Å². The van der Waals surface area contributed by atoms with Crippen LogP contribution in [-0.2, 0) is 33.3 Å². The highest BCUT2D eigenvalue weighted by Gasteiger charge is 2.36. The number of hydrogen-bond donors (Lipinski definition) is 4. The molecule has 2 unspecified atom stereocenters. The average Bonchev–Trinajstić information content (AvgIpc) is 3.95. The molecule has 0 radical (unpaired) electrons. The first-order valence-electron chi connectivity index (χ1n) is 23.3. The van der Waals surface area contributed by atoms with Crippen LogP contribution in [0.4, 0.5) is 21.0 Å². The van der Waals surface area contributed by atoms with Crippen LogP contribution in [0.3, 0.4) is 0 Å². The van der Waals surface area contributed by atoms with E-state index in [9.17, 15) is 32.4 Å². The highest BCUT2D eigenvalue weighted by molar-refractivity contribution is 7.86. The average molecular weight is 996 g/mol. The molecule has 0 spiro atoms. The van der Waals surface area contributed by atoms with Crippen LogP contribution >= 0.6 is 0 Å². The molecule has 3 heterocycles. The number of hydrogen-bond acceptors (Lipinski definition) is 14. The molecule has 3 aliphatic rings. The summed E-state index contributed by atoms with van der Waals surface area (Å²) < 4.78 is 42.8. The number of esters is 1. The molecule has 3 aliphatic heterocycles. The van der Waals surface area contributed by atoms with Crippen molar-refractivity contribution in [2.24, 2.45) is 5.92 Å². The van der Waals surface area contributed by atoms with Gasteiger partial charge in [0, 0.05) is 40.2 Å². The number of amides is 4. The fourth-order valence-electron chi connectivity index (χ4n) is 8.54. The number of anilines is 2. The summed E-state index contributed by atoms with van der Waals surface area (Å²) in [7, 11) is -3.64. The highest BCUT2D eigenvalue weighted by atomic mass is 32.2. The van der Waals surface area contributed by atoms with E-state index < -0.39 is 34.3 Å². The van der Waals surface area contributed by atoms with Crippen molar-refractivity contribution in [2.45, 2.75) is 32.0 Å². The number of benzene rings is 6. The van der Waals surface area contributed by atoms with E-state index in [1.807, 2.05) is 67.6 Å². The summed E-state index contributed by atoms with van der Waals surface area (Å²) in [4.78, 5) is 67.1. The van der Waals surface area contributed by atoms with Gasteiger partial charge in [0.25, 0.3) is 21.9 Å². The van der Waals surface area contributed by atoms with E-state index in [1.165, 1.54) is 4.90 Å². The van der Waals surface area contributed by atoms with Crippen LogP contribution in [0.25, 0.3) is 21.5 Å². The molecule has 4 amide bonds. The van der Waals surface area contributed by atoms with E-state index >= 15 is 0 Å². The predicted octanol–water partition coefficient (Wildman–Crippen LogP) is 7.09. The number of likely N-dealkylation sites (tertiary alicyclic amines) is 1. The number of nitrogens with one attached hydrogen (secondary N) is 4. The number of nitrogens with zero attached hydrogens (tertiary/aromatic N) is 3. The first kappa shape index (κ1) is 50.4. The van der Waals surface area contributed by atoms with E-state index in [0.717, 1.165) is 53.7 Å². The lowest BCUT2D eigenvalue weighted by Crippen LogP contribution is -2.41. The van der Waals surface area contributed by atoms with Crippen LogP contribution in [0, 0.1) is 16.7 Å². The van der Waals surface area contributed by atoms with Gasteiger partial charge in [0.05, 0.1) is 31.9 Å². The van der Waals surface area contributed by atoms with Crippen molar-refractivity contribution in [1.29, 1.82) is 10.8 Å². The molecule has 9 rings (SSSR count). The molecule has 72 heavy (non-hydrogen) atoms. The van der Waals surface area contributed by atoms with Gasteiger partial charge in [-0.3, -0.25) is 44.1 Å². The van der Waals surface area contributed by atoms with Gasteiger partial charge in [0.1, 0.15) is 30.5 Å². The second-order valence-corrected chi connectivity index (χ2v) is 19.1. The lowest BCUT2D eigenvalue weighted by Gasteiger charge is -2.31. The van der Waals surface area contributed by atoms with Gasteiger partial charge in [-0.05, 0) is 127 Å². The van der Waals surface area contributed by atoms with Crippen LogP contribution in [0.2, 0.25) is 0 Å². The Hall–Kier alpha value is -8.00. The maximum atomic E-state index is 12.7. The monoisotopic (exact) mass is 995 g/mol. The summed E-state index contributed by atoms with van der Waals surface area (Å²) in [6, 6.07) is 39.6. The Morgan fingerprint density at radius 3 is 1.51 bits per heavy atom. The number of fused-ring (bicyclic) bond motifs is 2. The van der Waals surface area contributed by atoms with Crippen molar-refractivity contribution < 1.29 is 50.8 Å². The van der Waals surface area contributed by atoms with Crippen molar-refractivity contribution >= 4 is 84.7 Å². The van der Waals surface area contributed by atoms with Gasteiger partial charge < -0.3 is 24.8 Å². The molecule has 6 aromatic carbocycles. The van der Waals surface area contributed by atoms with Crippen LogP contribution < -0.4 is 20.4 Å². The van der Waals surface area contributed by atoms with E-state index in [-0.39, 0.29) is 48.7 Å². The predicted molar refractivity (Wildman–Crippen MR) is 271 cm³/mol. The Labute approximate surface area is 415 Å². The number of carbonyl (C=O) groups excluding carboxylic acids is 5. The van der Waals surface area contributed by atoms with Crippen molar-refractivity contribution in [3.8, 4) is 0 Å². The second kappa shape index (κ2) is 22.4. The third-order valence-corrected chi connectivity index (χ3v) is 12.9. The normalized spacial score (nSPS) is 17.1. The SMILES string of the molecule is CCOC(=O)C1CCN(CC2CN(c3ccc(C(=N)NC(=O)c4ccc5ccccc5c4)cc3)C(=O)O2)CC1.CS(=O)(=O)OCC1CN(c2ccc(C(=N)NC(=O)c3ccc4ccccc4c3)cc2)C(=O)O1. The number of ether oxygens (including phenoxy) is 3. The number of piperidine rings is 1. The minimum atomic E-state index is -3.64. The van der Waals surface area contributed by atoms with Crippen molar-refractivity contribution in [1.82, 2.24) is 15.5 Å². The molecule has 18 nitrogen and oxygen atoms in total. The fourth-order valence-corrected chi connectivity index (χ4v) is 8.94. The second-order valence-electron chi connectivity index (χ2n) is 17.4. The molecule has 3 saturated heterocycles. The van der Waals surface area contributed by atoms with Crippen molar-refractivity contribution in [2.75, 3.05) is 62.0 Å². The Morgan fingerprint density at radius 2 is 1.06 bits per heavy atom. The number of carbonyl (C=O) groups is 5. The standard InChI is InChI=1S/C30H32N4O5.C23H21N3O6S/c1-2-38-29(36)22-13-15-33(16-14-22)18-26-19-34(30(37)39-26)25-11-9-21(10-12-25)27(31)32-28(35)24-8-7-20-5-3-4-6-23(20)17-24;1-33(29,30)31-14-20-13-26(23(28)32-20)19-10-8-16(9-11-19)21(24)25-22(27)18-7-6-15-4-2-3-5-17(15)12-18/h3-12,17,22,26H,2,13-16,18-19H2,1H3,(H2,31,32,35);2-12,20H,13-14H2,1H3,(H2,24,25,27). The lowest BCUT2D eigenvalue weighted by atomic mass is 9.97. The summed E-state index contributed by atoms with van der Waals surface area (Å²) in [5.41, 5.74) is 3.09. The molecule has 372 valence electrons. The fraction of sp³-hybridized carbons (Fsp3) is 0.264. The summed E-state index contributed by atoms with van der Waals surface area (Å²) in [6.45, 7) is 4.64. The quantitative estimate of drug-likeness (QED) is 0.0298. The molecule has 4 N–H and O–H groups in total. The van der Waals surface area contributed by atoms with Gasteiger partial charge in [0.15, 0.2) is 0 Å². The Balaban J connectivity index is 0.000000195. The highest BCUT2D eigenvalue weighted by Crippen LogP contribution is 2.26. The van der Waals surface area contributed by atoms with Gasteiger partial charge in [-0.15, -0.1) is 0 Å². The smallest absolute Gasteiger partial charge is 0.414 e. The minimum absolute atomic E-state index is 0.0206. The number of cyclic esters (lactones) is 2. The molecule has 0 saturated carbocycles. The van der Waals surface area contributed by atoms with Gasteiger partial charge in [-0.2, -0.15) is 8.42 Å². The maximum absolute atomic E-state index is 12.7. The van der Waals surface area contributed by atoms with Crippen LogP contribution in [0.5, 0.6) is 0 Å². The largest absolute Gasteiger partial charge is 0.466 e. The summed E-state index contributed by atoms with van der Waals surface area (Å²) in [5, 5.41) is 25.8. The van der Waals surface area contributed by atoms with Crippen LogP contribution in [0.1, 0.15) is 51.6 Å². The molecular weight excluding hydrogens is 943 g/mol. The Bertz CT molecular complexity index is 3140. The number of rotatable bonds is 13. The van der Waals surface area contributed by atoms with E-state index in [1.54, 1.807) is 77.7 Å². The molecule has 6 aromatic rings. The van der Waals surface area contributed by atoms with Gasteiger partial charge in [-0.1, -0.05) is 60.7 Å². The number of amidine groups is 2. The zero-order chi connectivity index (χ0) is 50.9. The third kappa shape index (κ3) is 12.7. The van der Waals surface area contributed by atoms with E-state index in [4.69, 9.17) is 29.2 Å². The van der Waals surface area contributed by atoms with Crippen molar-refractivity contribution in [3.05, 3.63) is 156 Å². The first-order chi connectivity index (χ1) is 34.6. The van der Waals surface area contributed by atoms with Crippen LogP contribution in [-0.4, -0.2) is 119 Å². The van der Waals surface area contributed by atoms with E-state index in [2.05, 4.69) is 15.5 Å². The Morgan fingerprint density at radius 1 is 0.625 bits per heavy atom. The maximum Gasteiger partial charge on any atom is 0.414 e. The summed E-state index contributed by atoms with van der Waals surface area (Å²) >= 11 is 0. The molecule has 0 aliphatic carbocycles. The molecular formula is C53H53N7O11S. The van der Waals surface area contributed by atoms with E-state index in [0.29, 0.717) is 53.3 Å². The van der Waals surface area contributed by atoms with Gasteiger partial charge in [-0.25, -0.2) is 9.59 Å². The van der Waals surface area contributed by atoms with Crippen LogP contribution in [0.15, 0.2) is 133 Å². The molecule has 0 aromatic heterocycles. The lowest BCUT2D eigenvalue weighted by molar-refractivity contribution is -0.149. The summed E-state index contributed by atoms with van der Waals surface area (Å²) in [5.74, 6) is -1.03. The molecule has 3 fully saturated rings. The minimum Gasteiger partial charge on any atom is -0.466 e. The van der Waals surface area contributed by atoms with Gasteiger partial charge >= 0.3 is 18.2 Å². The summed E-state index contributed by atoms with van der Waals surface area (Å²) in [6.07, 6.45) is 0.399. The molecule has 0 bridgehead atoms. The van der Waals surface area contributed by atoms with Crippen molar-refractivity contribution in [3.63, 3.8) is 0 Å².